The molecular weight excluding hydrogens is 286 g/mol. The van der Waals surface area contributed by atoms with Gasteiger partial charge in [0.1, 0.15) is 5.75 Å². The molecule has 0 aliphatic heterocycles. The van der Waals surface area contributed by atoms with Crippen LogP contribution in [0.4, 0.5) is 0 Å². The molecule has 0 saturated heterocycles. The van der Waals surface area contributed by atoms with Gasteiger partial charge >= 0.3 is 5.97 Å². The topological polar surface area (TPSA) is 72.5 Å². The van der Waals surface area contributed by atoms with Crippen LogP contribution in [0.2, 0.25) is 0 Å². The van der Waals surface area contributed by atoms with Gasteiger partial charge in [0.15, 0.2) is 0 Å². The quantitative estimate of drug-likeness (QED) is 0.894. The molecule has 0 radical (unpaired) electrons. The minimum atomic E-state index is -0.929. The number of benzene rings is 1. The summed E-state index contributed by atoms with van der Waals surface area (Å²) in [6.45, 7) is 3.82. The third kappa shape index (κ3) is 2.61. The molecule has 0 aromatic heterocycles. The average Bonchev–Trinajstić information content (AvgIpc) is 2.23. The Morgan fingerprint density at radius 3 is 2.59 bits per heavy atom. The van der Waals surface area contributed by atoms with E-state index in [2.05, 4.69) is 15.9 Å². The number of ether oxygens (including phenoxy) is 1. The third-order valence-corrected chi connectivity index (χ3v) is 3.45. The van der Waals surface area contributed by atoms with E-state index in [0.29, 0.717) is 11.3 Å². The van der Waals surface area contributed by atoms with Crippen molar-refractivity contribution in [2.75, 3.05) is 13.7 Å². The van der Waals surface area contributed by atoms with Crippen LogP contribution in [0.25, 0.3) is 0 Å². The summed E-state index contributed by atoms with van der Waals surface area (Å²) in [5.74, 6) is -0.941. The Kier molecular flexibility index (Phi) is 4.54. The van der Waals surface area contributed by atoms with Gasteiger partial charge in [-0.25, -0.2) is 0 Å². The van der Waals surface area contributed by atoms with Crippen LogP contribution in [0.15, 0.2) is 10.5 Å². The number of halogens is 1. The van der Waals surface area contributed by atoms with E-state index >= 15 is 0 Å². The van der Waals surface area contributed by atoms with E-state index in [1.54, 1.807) is 7.11 Å². The summed E-state index contributed by atoms with van der Waals surface area (Å²) in [7, 11) is 1.57. The van der Waals surface area contributed by atoms with Crippen molar-refractivity contribution in [1.29, 1.82) is 0 Å². The average molecular weight is 302 g/mol. The molecule has 1 aromatic carbocycles. The summed E-state index contributed by atoms with van der Waals surface area (Å²) < 4.78 is 6.05. The Hall–Kier alpha value is -1.07. The van der Waals surface area contributed by atoms with Crippen molar-refractivity contribution in [2.24, 2.45) is 5.73 Å². The second-order valence-electron chi connectivity index (χ2n) is 3.87. The van der Waals surface area contributed by atoms with E-state index in [1.807, 2.05) is 19.9 Å². The molecular formula is C12H16BrNO3. The zero-order chi connectivity index (χ0) is 13.2. The summed E-state index contributed by atoms with van der Waals surface area (Å²) in [5.41, 5.74) is 7.99. The minimum absolute atomic E-state index is 0.0565. The van der Waals surface area contributed by atoms with Gasteiger partial charge in [0.05, 0.1) is 13.0 Å². The third-order valence-electron chi connectivity index (χ3n) is 2.79. The molecule has 4 nitrogen and oxygen atoms in total. The lowest BCUT2D eigenvalue weighted by Crippen LogP contribution is -2.22. The molecule has 0 bridgehead atoms. The Morgan fingerprint density at radius 1 is 1.59 bits per heavy atom. The smallest absolute Gasteiger partial charge is 0.312 e. The summed E-state index contributed by atoms with van der Waals surface area (Å²) in [6.07, 6.45) is 0. The van der Waals surface area contributed by atoms with Crippen LogP contribution in [-0.2, 0) is 4.79 Å². The fourth-order valence-electron chi connectivity index (χ4n) is 2.01. The van der Waals surface area contributed by atoms with Crippen LogP contribution < -0.4 is 10.5 Å². The van der Waals surface area contributed by atoms with Gasteiger partial charge in [-0.05, 0) is 36.6 Å². The zero-order valence-corrected chi connectivity index (χ0v) is 11.7. The number of hydrogen-bond acceptors (Lipinski definition) is 3. The van der Waals surface area contributed by atoms with Gasteiger partial charge in [-0.1, -0.05) is 15.9 Å². The molecule has 0 amide bonds. The molecule has 0 aliphatic rings. The minimum Gasteiger partial charge on any atom is -0.496 e. The maximum absolute atomic E-state index is 11.2. The fourth-order valence-corrected chi connectivity index (χ4v) is 2.93. The first kappa shape index (κ1) is 14.0. The van der Waals surface area contributed by atoms with Crippen LogP contribution in [-0.4, -0.2) is 24.7 Å². The molecule has 0 aliphatic carbocycles. The van der Waals surface area contributed by atoms with Gasteiger partial charge in [0.2, 0.25) is 0 Å². The number of hydrogen-bond donors (Lipinski definition) is 2. The number of methoxy groups -OCH3 is 1. The highest BCUT2D eigenvalue weighted by Crippen LogP contribution is 2.36. The molecule has 0 spiro atoms. The first-order valence-corrected chi connectivity index (χ1v) is 5.99. The fraction of sp³-hybridized carbons (Fsp3) is 0.417. The lowest BCUT2D eigenvalue weighted by Gasteiger charge is -2.19. The Labute approximate surface area is 109 Å². The van der Waals surface area contributed by atoms with Gasteiger partial charge in [-0.15, -0.1) is 0 Å². The molecule has 3 N–H and O–H groups in total. The lowest BCUT2D eigenvalue weighted by molar-refractivity contribution is -0.138. The maximum Gasteiger partial charge on any atom is 0.312 e. The van der Waals surface area contributed by atoms with Crippen LogP contribution >= 0.6 is 15.9 Å². The monoisotopic (exact) mass is 301 g/mol. The predicted octanol–water partition coefficient (Wildman–Crippen LogP) is 2.20. The van der Waals surface area contributed by atoms with Crippen LogP contribution in [0.5, 0.6) is 5.75 Å². The van der Waals surface area contributed by atoms with Gasteiger partial charge < -0.3 is 15.6 Å². The van der Waals surface area contributed by atoms with E-state index < -0.39 is 11.9 Å². The lowest BCUT2D eigenvalue weighted by atomic mass is 9.92. The number of aryl methyl sites for hydroxylation is 1. The molecule has 1 atom stereocenters. The SMILES string of the molecule is COc1c(C)cc(Br)c(C(CN)C(=O)O)c1C. The van der Waals surface area contributed by atoms with E-state index in [0.717, 1.165) is 15.6 Å². The number of carboxylic acid groups (broad SMARTS) is 1. The van der Waals surface area contributed by atoms with Crippen molar-refractivity contribution >= 4 is 21.9 Å². The molecule has 0 fully saturated rings. The number of carboxylic acids is 1. The van der Waals surface area contributed by atoms with Crippen molar-refractivity contribution in [3.05, 3.63) is 27.2 Å². The second-order valence-corrected chi connectivity index (χ2v) is 4.73. The van der Waals surface area contributed by atoms with Gasteiger partial charge in [0, 0.05) is 11.0 Å². The van der Waals surface area contributed by atoms with E-state index in [-0.39, 0.29) is 6.54 Å². The standard InChI is InChI=1S/C12H16BrNO3/c1-6-4-9(13)10(7(2)11(6)17-3)8(5-14)12(15)16/h4,8H,5,14H2,1-3H3,(H,15,16). The molecule has 5 heteroatoms. The number of carbonyl (C=O) groups is 1. The number of aliphatic carboxylic acids is 1. The molecule has 0 heterocycles. The Morgan fingerprint density at radius 2 is 2.18 bits per heavy atom. The van der Waals surface area contributed by atoms with Crippen molar-refractivity contribution in [1.82, 2.24) is 0 Å². The largest absolute Gasteiger partial charge is 0.496 e. The normalized spacial score (nSPS) is 12.3. The highest BCUT2D eigenvalue weighted by Gasteiger charge is 2.25. The molecule has 1 unspecified atom stereocenters. The number of rotatable bonds is 4. The molecule has 1 aromatic rings. The van der Waals surface area contributed by atoms with Crippen molar-refractivity contribution < 1.29 is 14.6 Å². The summed E-state index contributed by atoms with van der Waals surface area (Å²) in [4.78, 5) is 11.2. The van der Waals surface area contributed by atoms with Gasteiger partial charge in [-0.3, -0.25) is 4.79 Å². The molecule has 0 saturated carbocycles. The summed E-state index contributed by atoms with van der Waals surface area (Å²) >= 11 is 3.40. The predicted molar refractivity (Wildman–Crippen MR) is 69.6 cm³/mol. The van der Waals surface area contributed by atoms with E-state index in [4.69, 9.17) is 15.6 Å². The molecule has 1 rings (SSSR count). The van der Waals surface area contributed by atoms with E-state index in [9.17, 15) is 4.79 Å². The first-order valence-electron chi connectivity index (χ1n) is 5.20. The Balaban J connectivity index is 3.47. The van der Waals surface area contributed by atoms with Crippen molar-refractivity contribution in [2.45, 2.75) is 19.8 Å². The van der Waals surface area contributed by atoms with Crippen molar-refractivity contribution in [3.8, 4) is 5.75 Å². The summed E-state index contributed by atoms with van der Waals surface area (Å²) in [6, 6.07) is 1.85. The van der Waals surface area contributed by atoms with Crippen LogP contribution in [0.1, 0.15) is 22.6 Å². The van der Waals surface area contributed by atoms with Crippen LogP contribution in [0.3, 0.4) is 0 Å². The van der Waals surface area contributed by atoms with Gasteiger partial charge in [-0.2, -0.15) is 0 Å². The van der Waals surface area contributed by atoms with Crippen molar-refractivity contribution in [3.63, 3.8) is 0 Å². The summed E-state index contributed by atoms with van der Waals surface area (Å²) in [5, 5.41) is 9.17. The Bertz CT molecular complexity index is 446. The zero-order valence-electron chi connectivity index (χ0n) is 10.1. The van der Waals surface area contributed by atoms with Crippen LogP contribution in [0, 0.1) is 13.8 Å². The molecule has 17 heavy (non-hydrogen) atoms. The second kappa shape index (κ2) is 5.51. The highest BCUT2D eigenvalue weighted by atomic mass is 79.9. The highest BCUT2D eigenvalue weighted by molar-refractivity contribution is 9.10. The molecule has 94 valence electrons. The first-order chi connectivity index (χ1) is 7.93. The van der Waals surface area contributed by atoms with Gasteiger partial charge in [0.25, 0.3) is 0 Å². The maximum atomic E-state index is 11.2. The number of nitrogens with two attached hydrogens (primary N) is 1. The van der Waals surface area contributed by atoms with E-state index in [1.165, 1.54) is 0 Å².